The van der Waals surface area contributed by atoms with Crippen LogP contribution in [0.4, 0.5) is 4.79 Å². The number of hydrogen-bond donors (Lipinski definition) is 2. The Morgan fingerprint density at radius 1 is 1.56 bits per heavy atom. The minimum atomic E-state index is -1.18. The second-order valence-corrected chi connectivity index (χ2v) is 4.36. The highest BCUT2D eigenvalue weighted by Crippen LogP contribution is 2.27. The third kappa shape index (κ3) is 4.64. The maximum Gasteiger partial charge on any atom is 0.412 e. The van der Waals surface area contributed by atoms with Gasteiger partial charge in [-0.3, -0.25) is 4.90 Å². The van der Waals surface area contributed by atoms with Gasteiger partial charge in [0.2, 0.25) is 0 Å². The number of rotatable bonds is 4. The number of nitriles is 1. The van der Waals surface area contributed by atoms with Gasteiger partial charge in [-0.15, -0.1) is 0 Å². The molecule has 0 aliphatic carbocycles. The second kappa shape index (κ2) is 5.95. The smallest absolute Gasteiger partial charge is 0.412 e. The summed E-state index contributed by atoms with van der Waals surface area (Å²) in [5, 5.41) is 29.0. The summed E-state index contributed by atoms with van der Waals surface area (Å²) in [7, 11) is 1.32. The summed E-state index contributed by atoms with van der Waals surface area (Å²) >= 11 is 0. The van der Waals surface area contributed by atoms with Crippen molar-refractivity contribution in [2.45, 2.75) is 33.1 Å². The van der Waals surface area contributed by atoms with Crippen molar-refractivity contribution >= 4 is 11.9 Å². The summed E-state index contributed by atoms with van der Waals surface area (Å²) in [4.78, 5) is 11.6. The predicted molar refractivity (Wildman–Crippen MR) is 58.3 cm³/mol. The van der Waals surface area contributed by atoms with Gasteiger partial charge in [0.1, 0.15) is 0 Å². The summed E-state index contributed by atoms with van der Waals surface area (Å²) in [6.07, 6.45) is 0.135. The molecule has 0 rings (SSSR count). The summed E-state index contributed by atoms with van der Waals surface area (Å²) in [5.74, 6) is 0.0791. The largest absolute Gasteiger partial charge is 0.465 e. The van der Waals surface area contributed by atoms with Gasteiger partial charge in [-0.25, -0.2) is 4.79 Å². The van der Waals surface area contributed by atoms with E-state index in [4.69, 9.17) is 15.6 Å². The van der Waals surface area contributed by atoms with E-state index in [1.807, 2.05) is 19.9 Å². The molecule has 0 bridgehead atoms. The number of amidine groups is 1. The van der Waals surface area contributed by atoms with E-state index in [0.717, 1.165) is 4.90 Å². The Morgan fingerprint density at radius 3 is 2.50 bits per heavy atom. The van der Waals surface area contributed by atoms with Crippen LogP contribution >= 0.6 is 0 Å². The molecule has 2 N–H and O–H groups in total. The molecule has 90 valence electrons. The van der Waals surface area contributed by atoms with Crippen LogP contribution in [0, 0.1) is 16.7 Å². The maximum absolute atomic E-state index is 10.7. The van der Waals surface area contributed by atoms with Crippen molar-refractivity contribution in [3.05, 3.63) is 0 Å². The molecule has 0 heterocycles. The highest BCUT2D eigenvalue weighted by Gasteiger charge is 2.25. The van der Waals surface area contributed by atoms with Crippen LogP contribution in [0.2, 0.25) is 0 Å². The van der Waals surface area contributed by atoms with Crippen LogP contribution in [0.15, 0.2) is 5.16 Å². The first-order valence-electron chi connectivity index (χ1n) is 4.88. The molecule has 0 unspecified atom stereocenters. The standard InChI is InChI=1S/C10H17N3O3/c1-10(2,5-4-6-11)7-8(12-16)13(3)9(14)15/h16H,4-5,7H2,1-3H3,(H,14,15). The Morgan fingerprint density at radius 2 is 2.12 bits per heavy atom. The molecular formula is C10H17N3O3. The zero-order valence-electron chi connectivity index (χ0n) is 9.77. The topological polar surface area (TPSA) is 96.9 Å². The van der Waals surface area contributed by atoms with Gasteiger partial charge in [0.05, 0.1) is 6.07 Å². The lowest BCUT2D eigenvalue weighted by atomic mass is 9.84. The first kappa shape index (κ1) is 14.2. The van der Waals surface area contributed by atoms with Crippen molar-refractivity contribution in [2.75, 3.05) is 7.05 Å². The summed E-state index contributed by atoms with van der Waals surface area (Å²) in [5.41, 5.74) is -0.277. The zero-order chi connectivity index (χ0) is 12.8. The van der Waals surface area contributed by atoms with E-state index in [1.165, 1.54) is 7.05 Å². The Hall–Kier alpha value is -1.77. The van der Waals surface area contributed by atoms with Crippen LogP contribution in [0.25, 0.3) is 0 Å². The molecule has 6 nitrogen and oxygen atoms in total. The lowest BCUT2D eigenvalue weighted by molar-refractivity contribution is 0.171. The van der Waals surface area contributed by atoms with Crippen molar-refractivity contribution in [1.82, 2.24) is 4.90 Å². The van der Waals surface area contributed by atoms with Crippen LogP contribution in [0.3, 0.4) is 0 Å². The zero-order valence-corrected chi connectivity index (χ0v) is 9.77. The van der Waals surface area contributed by atoms with Crippen LogP contribution in [0.1, 0.15) is 33.1 Å². The molecule has 0 aliphatic heterocycles. The molecule has 0 fully saturated rings. The number of nitrogens with zero attached hydrogens (tertiary/aromatic N) is 3. The van der Waals surface area contributed by atoms with E-state index in [0.29, 0.717) is 19.3 Å². The number of carboxylic acid groups (broad SMARTS) is 1. The lowest BCUT2D eigenvalue weighted by Gasteiger charge is -2.26. The fourth-order valence-electron chi connectivity index (χ4n) is 1.24. The van der Waals surface area contributed by atoms with Crippen LogP contribution < -0.4 is 0 Å². The van der Waals surface area contributed by atoms with Crippen LogP contribution in [-0.2, 0) is 0 Å². The van der Waals surface area contributed by atoms with Gasteiger partial charge in [0.25, 0.3) is 0 Å². The first-order chi connectivity index (χ1) is 7.34. The number of hydrogen-bond acceptors (Lipinski definition) is 4. The monoisotopic (exact) mass is 227 g/mol. The average Bonchev–Trinajstić information content (AvgIpc) is 2.22. The van der Waals surface area contributed by atoms with Crippen molar-refractivity contribution in [3.63, 3.8) is 0 Å². The highest BCUT2D eigenvalue weighted by atomic mass is 16.4. The van der Waals surface area contributed by atoms with Gasteiger partial charge >= 0.3 is 6.09 Å². The molecule has 0 radical (unpaired) electrons. The summed E-state index contributed by atoms with van der Waals surface area (Å²) < 4.78 is 0. The van der Waals surface area contributed by atoms with E-state index in [2.05, 4.69) is 5.16 Å². The quantitative estimate of drug-likeness (QED) is 0.332. The van der Waals surface area contributed by atoms with Crippen molar-refractivity contribution < 1.29 is 15.1 Å². The van der Waals surface area contributed by atoms with Crippen molar-refractivity contribution in [3.8, 4) is 6.07 Å². The molecular weight excluding hydrogens is 210 g/mol. The lowest BCUT2D eigenvalue weighted by Crippen LogP contribution is -2.35. The van der Waals surface area contributed by atoms with Gasteiger partial charge in [-0.05, 0) is 11.8 Å². The molecule has 0 aromatic rings. The maximum atomic E-state index is 10.7. The fourth-order valence-corrected chi connectivity index (χ4v) is 1.24. The molecule has 0 atom stereocenters. The summed E-state index contributed by atoms with van der Waals surface area (Å²) in [6, 6.07) is 2.03. The minimum Gasteiger partial charge on any atom is -0.465 e. The van der Waals surface area contributed by atoms with Crippen LogP contribution in [0.5, 0.6) is 0 Å². The molecule has 6 heteroatoms. The highest BCUT2D eigenvalue weighted by molar-refractivity contribution is 5.94. The predicted octanol–water partition coefficient (Wildman–Crippen LogP) is 2.10. The van der Waals surface area contributed by atoms with E-state index >= 15 is 0 Å². The van der Waals surface area contributed by atoms with Gasteiger partial charge in [0.15, 0.2) is 5.84 Å². The molecule has 1 amide bonds. The molecule has 0 aromatic heterocycles. The van der Waals surface area contributed by atoms with Gasteiger partial charge < -0.3 is 10.3 Å². The number of oxime groups is 1. The number of amides is 1. The van der Waals surface area contributed by atoms with E-state index in [-0.39, 0.29) is 11.3 Å². The molecule has 16 heavy (non-hydrogen) atoms. The molecule has 0 saturated heterocycles. The third-order valence-electron chi connectivity index (χ3n) is 2.34. The van der Waals surface area contributed by atoms with Gasteiger partial charge in [0, 0.05) is 19.9 Å². The Kier molecular flexibility index (Phi) is 5.30. The van der Waals surface area contributed by atoms with E-state index < -0.39 is 6.09 Å². The SMILES string of the molecule is CN(C(=O)O)C(CC(C)(C)CCC#N)=NO. The second-order valence-electron chi connectivity index (χ2n) is 4.36. The Labute approximate surface area is 94.8 Å². The first-order valence-corrected chi connectivity index (χ1v) is 4.88. The molecule has 0 saturated carbocycles. The van der Waals surface area contributed by atoms with Gasteiger partial charge in [-0.1, -0.05) is 19.0 Å². The van der Waals surface area contributed by atoms with Crippen molar-refractivity contribution in [1.29, 1.82) is 5.26 Å². The molecule has 0 spiro atoms. The van der Waals surface area contributed by atoms with Crippen molar-refractivity contribution in [2.24, 2.45) is 10.6 Å². The molecule has 0 aromatic carbocycles. The van der Waals surface area contributed by atoms with Gasteiger partial charge in [-0.2, -0.15) is 5.26 Å². The van der Waals surface area contributed by atoms with E-state index in [1.54, 1.807) is 0 Å². The van der Waals surface area contributed by atoms with Crippen LogP contribution in [-0.4, -0.2) is 34.2 Å². The minimum absolute atomic E-state index is 0.0791. The Balaban J connectivity index is 4.56. The normalized spacial score (nSPS) is 12.0. The third-order valence-corrected chi connectivity index (χ3v) is 2.34. The molecule has 0 aliphatic rings. The number of carbonyl (C=O) groups is 1. The fraction of sp³-hybridized carbons (Fsp3) is 0.700. The summed E-state index contributed by atoms with van der Waals surface area (Å²) in [6.45, 7) is 3.79. The Bertz CT molecular complexity index is 318. The average molecular weight is 227 g/mol. The van der Waals surface area contributed by atoms with E-state index in [9.17, 15) is 4.79 Å².